The average molecular weight is 354 g/mol. The largest absolute Gasteiger partial charge is 0.495 e. The molecule has 2 aromatic carbocycles. The van der Waals surface area contributed by atoms with E-state index in [1.54, 1.807) is 25.3 Å². The van der Waals surface area contributed by atoms with Crippen LogP contribution in [0.5, 0.6) is 17.2 Å². The summed E-state index contributed by atoms with van der Waals surface area (Å²) < 4.78 is 16.0. The van der Waals surface area contributed by atoms with Crippen LogP contribution in [0.1, 0.15) is 5.56 Å². The minimum absolute atomic E-state index is 0.140. The van der Waals surface area contributed by atoms with E-state index in [4.69, 9.17) is 19.6 Å². The fraction of sp³-hybridized carbons (Fsp3) is 0.111. The van der Waals surface area contributed by atoms with E-state index in [0.29, 0.717) is 27.8 Å². The fourth-order valence-electron chi connectivity index (χ4n) is 2.67. The van der Waals surface area contributed by atoms with E-state index in [0.717, 1.165) is 17.3 Å². The highest BCUT2D eigenvalue weighted by atomic mass is 32.2. The topological polar surface area (TPSA) is 71.8 Å². The lowest BCUT2D eigenvalue weighted by Gasteiger charge is -2.17. The molecule has 0 atom stereocenters. The van der Waals surface area contributed by atoms with E-state index in [9.17, 15) is 4.79 Å². The number of fused-ring (bicyclic) bond motifs is 1. The number of hydrogen-bond acceptors (Lipinski definition) is 6. The quantitative estimate of drug-likeness (QED) is 0.855. The summed E-state index contributed by atoms with van der Waals surface area (Å²) in [5.41, 5.74) is 1.37. The summed E-state index contributed by atoms with van der Waals surface area (Å²) in [6, 6.07) is 12.6. The van der Waals surface area contributed by atoms with Crippen LogP contribution in [-0.2, 0) is 4.79 Å². The molecular formula is C18H14N2O4S. The Kier molecular flexibility index (Phi) is 3.85. The van der Waals surface area contributed by atoms with Crippen LogP contribution in [0, 0.1) is 5.41 Å². The molecule has 2 aliphatic heterocycles. The number of ether oxygens (including phenoxy) is 3. The second-order valence-corrected chi connectivity index (χ2v) is 6.37. The van der Waals surface area contributed by atoms with E-state index in [-0.39, 0.29) is 17.9 Å². The molecule has 1 saturated heterocycles. The summed E-state index contributed by atoms with van der Waals surface area (Å²) >= 11 is 1.12. The van der Waals surface area contributed by atoms with E-state index >= 15 is 0 Å². The minimum Gasteiger partial charge on any atom is -0.495 e. The van der Waals surface area contributed by atoms with E-state index in [1.807, 2.05) is 30.3 Å². The van der Waals surface area contributed by atoms with E-state index < -0.39 is 0 Å². The number of para-hydroxylation sites is 2. The highest BCUT2D eigenvalue weighted by molar-refractivity contribution is 8.19. The molecule has 0 aromatic heterocycles. The monoisotopic (exact) mass is 354 g/mol. The minimum atomic E-state index is -0.253. The summed E-state index contributed by atoms with van der Waals surface area (Å²) in [5, 5.41) is 8.33. The summed E-state index contributed by atoms with van der Waals surface area (Å²) in [7, 11) is 1.54. The number of thioether (sulfide) groups is 1. The van der Waals surface area contributed by atoms with Crippen molar-refractivity contribution in [1.82, 2.24) is 0 Å². The summed E-state index contributed by atoms with van der Waals surface area (Å²) in [4.78, 5) is 14.6. The SMILES string of the molecule is COc1ccccc1N1C(=N)S/C(=C/c2ccc3c(c2)OCO3)C1=O. The lowest BCUT2D eigenvalue weighted by molar-refractivity contribution is -0.113. The first-order valence-electron chi connectivity index (χ1n) is 7.52. The molecule has 1 fully saturated rings. The highest BCUT2D eigenvalue weighted by Gasteiger charge is 2.35. The van der Waals surface area contributed by atoms with Crippen LogP contribution in [0.4, 0.5) is 5.69 Å². The van der Waals surface area contributed by atoms with Crippen LogP contribution >= 0.6 is 11.8 Å². The second kappa shape index (κ2) is 6.18. The number of hydrogen-bond donors (Lipinski definition) is 1. The Balaban J connectivity index is 1.67. The first-order chi connectivity index (χ1) is 12.2. The van der Waals surface area contributed by atoms with Gasteiger partial charge in [-0.15, -0.1) is 0 Å². The van der Waals surface area contributed by atoms with Gasteiger partial charge in [-0.2, -0.15) is 0 Å². The van der Waals surface area contributed by atoms with E-state index in [1.165, 1.54) is 4.90 Å². The van der Waals surface area contributed by atoms with Gasteiger partial charge < -0.3 is 14.2 Å². The van der Waals surface area contributed by atoms with Crippen molar-refractivity contribution in [2.75, 3.05) is 18.8 Å². The number of benzene rings is 2. The van der Waals surface area contributed by atoms with E-state index in [2.05, 4.69) is 0 Å². The smallest absolute Gasteiger partial charge is 0.271 e. The van der Waals surface area contributed by atoms with Gasteiger partial charge in [-0.1, -0.05) is 18.2 Å². The normalized spacial score (nSPS) is 17.5. The predicted octanol–water partition coefficient (Wildman–Crippen LogP) is 3.48. The molecule has 0 saturated carbocycles. The Morgan fingerprint density at radius 2 is 2.00 bits per heavy atom. The van der Waals surface area contributed by atoms with Gasteiger partial charge in [-0.25, -0.2) is 0 Å². The number of nitrogens with zero attached hydrogens (tertiary/aromatic N) is 1. The lowest BCUT2D eigenvalue weighted by Crippen LogP contribution is -2.28. The summed E-state index contributed by atoms with van der Waals surface area (Å²) in [6.45, 7) is 0.204. The maximum absolute atomic E-state index is 12.8. The Morgan fingerprint density at radius 1 is 1.20 bits per heavy atom. The van der Waals surface area contributed by atoms with Crippen LogP contribution in [0.25, 0.3) is 6.08 Å². The molecule has 2 aliphatic rings. The molecule has 2 aromatic rings. The molecule has 2 heterocycles. The summed E-state index contributed by atoms with van der Waals surface area (Å²) in [5.74, 6) is 1.64. The Bertz CT molecular complexity index is 910. The number of carbonyl (C=O) groups excluding carboxylic acids is 1. The van der Waals surface area contributed by atoms with Crippen molar-refractivity contribution in [3.8, 4) is 17.2 Å². The molecular weight excluding hydrogens is 340 g/mol. The van der Waals surface area contributed by atoms with Gasteiger partial charge in [0.2, 0.25) is 6.79 Å². The standard InChI is InChI=1S/C18H14N2O4S/c1-22-13-5-3-2-4-12(13)20-17(21)16(25-18(20)19)9-11-6-7-14-15(8-11)24-10-23-14/h2-9,19H,10H2,1H3/b16-9+,19-18?. The third kappa shape index (κ3) is 2.72. The first-order valence-corrected chi connectivity index (χ1v) is 8.34. The van der Waals surface area contributed by atoms with Gasteiger partial charge in [0.1, 0.15) is 5.75 Å². The Morgan fingerprint density at radius 3 is 2.84 bits per heavy atom. The second-order valence-electron chi connectivity index (χ2n) is 5.34. The molecule has 0 spiro atoms. The van der Waals surface area contributed by atoms with Crippen LogP contribution in [0.15, 0.2) is 47.4 Å². The zero-order valence-corrected chi connectivity index (χ0v) is 14.1. The van der Waals surface area contributed by atoms with Crippen molar-refractivity contribution in [3.63, 3.8) is 0 Å². The molecule has 4 rings (SSSR count). The van der Waals surface area contributed by atoms with Gasteiger partial charge in [0, 0.05) is 0 Å². The molecule has 126 valence electrons. The van der Waals surface area contributed by atoms with Crippen LogP contribution < -0.4 is 19.1 Å². The molecule has 7 heteroatoms. The number of carbonyl (C=O) groups is 1. The molecule has 6 nitrogen and oxygen atoms in total. The highest BCUT2D eigenvalue weighted by Crippen LogP contribution is 2.40. The molecule has 0 bridgehead atoms. The number of nitrogens with one attached hydrogen (secondary N) is 1. The number of amidine groups is 1. The van der Waals surface area contributed by atoms with Crippen LogP contribution in [0.3, 0.4) is 0 Å². The number of anilines is 1. The first kappa shape index (κ1) is 15.6. The Labute approximate surface area is 148 Å². The number of amides is 1. The zero-order valence-electron chi connectivity index (χ0n) is 13.3. The molecule has 0 unspecified atom stereocenters. The average Bonchev–Trinajstić information content (AvgIpc) is 3.19. The third-order valence-corrected chi connectivity index (χ3v) is 4.73. The number of rotatable bonds is 3. The van der Waals surface area contributed by atoms with Crippen molar-refractivity contribution < 1.29 is 19.0 Å². The van der Waals surface area contributed by atoms with Crippen LogP contribution in [-0.4, -0.2) is 25.0 Å². The van der Waals surface area contributed by atoms with Crippen molar-refractivity contribution in [2.45, 2.75) is 0 Å². The van der Waals surface area contributed by atoms with Crippen molar-refractivity contribution in [2.24, 2.45) is 0 Å². The maximum atomic E-state index is 12.8. The zero-order chi connectivity index (χ0) is 17.4. The summed E-state index contributed by atoms with van der Waals surface area (Å²) in [6.07, 6.45) is 1.75. The van der Waals surface area contributed by atoms with Gasteiger partial charge in [0.05, 0.1) is 17.7 Å². The van der Waals surface area contributed by atoms with Gasteiger partial charge in [-0.05, 0) is 47.7 Å². The van der Waals surface area contributed by atoms with Crippen molar-refractivity contribution in [3.05, 3.63) is 52.9 Å². The van der Waals surface area contributed by atoms with Gasteiger partial charge >= 0.3 is 0 Å². The van der Waals surface area contributed by atoms with Crippen molar-refractivity contribution >= 4 is 34.6 Å². The third-order valence-electron chi connectivity index (χ3n) is 3.84. The fourth-order valence-corrected chi connectivity index (χ4v) is 3.53. The van der Waals surface area contributed by atoms with Crippen LogP contribution in [0.2, 0.25) is 0 Å². The lowest BCUT2D eigenvalue weighted by atomic mass is 10.2. The van der Waals surface area contributed by atoms with Crippen molar-refractivity contribution in [1.29, 1.82) is 5.41 Å². The molecule has 0 radical (unpaired) electrons. The maximum Gasteiger partial charge on any atom is 0.271 e. The van der Waals surface area contributed by atoms with Gasteiger partial charge in [-0.3, -0.25) is 15.1 Å². The predicted molar refractivity (Wildman–Crippen MR) is 96.3 cm³/mol. The Hall–Kier alpha value is -2.93. The molecule has 0 aliphatic carbocycles. The number of methoxy groups -OCH3 is 1. The molecule has 1 amide bonds. The molecule has 1 N–H and O–H groups in total. The van der Waals surface area contributed by atoms with Gasteiger partial charge in [0.25, 0.3) is 5.91 Å². The molecule has 25 heavy (non-hydrogen) atoms. The van der Waals surface area contributed by atoms with Gasteiger partial charge in [0.15, 0.2) is 16.7 Å².